The van der Waals surface area contributed by atoms with Crippen LogP contribution < -0.4 is 5.32 Å². The molecule has 2 aliphatic rings. The van der Waals surface area contributed by atoms with E-state index in [9.17, 15) is 4.79 Å². The minimum Gasteiger partial charge on any atom is -0.365 e. The predicted octanol–water partition coefficient (Wildman–Crippen LogP) is 4.01. The summed E-state index contributed by atoms with van der Waals surface area (Å²) in [6, 6.07) is -0.0711. The SMILES string of the molecule is C=C(Cl)/N=C1\C(=C(C)C)N=C(NCC2CCN(SCC)CC2)C(=O)N1C(C)C. The number of amidine groups is 2. The van der Waals surface area contributed by atoms with Gasteiger partial charge in [0.05, 0.1) is 0 Å². The van der Waals surface area contributed by atoms with Crippen molar-refractivity contribution in [3.05, 3.63) is 23.0 Å². The molecule has 0 aromatic rings. The minimum absolute atomic E-state index is 0.0711. The smallest absolute Gasteiger partial charge is 0.295 e. The molecule has 0 aromatic carbocycles. The second kappa shape index (κ2) is 10.5. The highest BCUT2D eigenvalue weighted by Crippen LogP contribution is 2.24. The van der Waals surface area contributed by atoms with Crippen LogP contribution in [0, 0.1) is 5.92 Å². The van der Waals surface area contributed by atoms with Crippen molar-refractivity contribution in [3.63, 3.8) is 0 Å². The van der Waals surface area contributed by atoms with Gasteiger partial charge in [0, 0.05) is 31.4 Å². The number of piperidine rings is 1. The Balaban J connectivity index is 2.17. The maximum absolute atomic E-state index is 13.1. The first-order valence-electron chi connectivity index (χ1n) is 9.89. The number of carbonyl (C=O) groups is 1. The summed E-state index contributed by atoms with van der Waals surface area (Å²) < 4.78 is 2.43. The number of allylic oxidation sites excluding steroid dienone is 1. The van der Waals surface area contributed by atoms with Gasteiger partial charge < -0.3 is 5.32 Å². The molecular weight excluding hydrogens is 394 g/mol. The van der Waals surface area contributed by atoms with Gasteiger partial charge in [-0.05, 0) is 52.0 Å². The Labute approximate surface area is 178 Å². The average molecular weight is 426 g/mol. The van der Waals surface area contributed by atoms with Crippen LogP contribution in [0.3, 0.4) is 0 Å². The van der Waals surface area contributed by atoms with Crippen molar-refractivity contribution in [2.75, 3.05) is 25.4 Å². The lowest BCUT2D eigenvalue weighted by Gasteiger charge is -2.34. The lowest BCUT2D eigenvalue weighted by atomic mass is 9.98. The number of hydrogen-bond donors (Lipinski definition) is 1. The van der Waals surface area contributed by atoms with Gasteiger partial charge in [0.1, 0.15) is 10.9 Å². The van der Waals surface area contributed by atoms with E-state index < -0.39 is 0 Å². The van der Waals surface area contributed by atoms with E-state index in [1.165, 1.54) is 0 Å². The van der Waals surface area contributed by atoms with Crippen LogP contribution >= 0.6 is 23.5 Å². The molecule has 0 saturated carbocycles. The van der Waals surface area contributed by atoms with E-state index in [-0.39, 0.29) is 17.1 Å². The highest BCUT2D eigenvalue weighted by atomic mass is 35.5. The third-order valence-corrected chi connectivity index (χ3v) is 5.82. The van der Waals surface area contributed by atoms with Crippen molar-refractivity contribution < 1.29 is 4.79 Å². The summed E-state index contributed by atoms with van der Waals surface area (Å²) in [5.41, 5.74) is 1.64. The fraction of sp³-hybridized carbons (Fsp3) is 0.650. The monoisotopic (exact) mass is 425 g/mol. The highest BCUT2D eigenvalue weighted by Gasteiger charge is 2.34. The summed E-state index contributed by atoms with van der Waals surface area (Å²) in [5, 5.41) is 3.46. The molecule has 28 heavy (non-hydrogen) atoms. The topological polar surface area (TPSA) is 60.3 Å². The van der Waals surface area contributed by atoms with E-state index in [4.69, 9.17) is 11.6 Å². The van der Waals surface area contributed by atoms with Gasteiger partial charge in [0.15, 0.2) is 11.7 Å². The Bertz CT molecular complexity index is 689. The molecule has 0 atom stereocenters. The molecule has 0 spiro atoms. The number of nitrogens with zero attached hydrogens (tertiary/aromatic N) is 4. The maximum atomic E-state index is 13.1. The first-order valence-corrected chi connectivity index (χ1v) is 11.2. The number of carbonyl (C=O) groups excluding carboxylic acids is 1. The van der Waals surface area contributed by atoms with Crippen LogP contribution in [0.1, 0.15) is 47.5 Å². The van der Waals surface area contributed by atoms with E-state index >= 15 is 0 Å². The van der Waals surface area contributed by atoms with Gasteiger partial charge in [-0.25, -0.2) is 9.98 Å². The van der Waals surface area contributed by atoms with Crippen molar-refractivity contribution in [1.82, 2.24) is 14.5 Å². The van der Waals surface area contributed by atoms with Crippen molar-refractivity contribution in [1.29, 1.82) is 0 Å². The predicted molar refractivity (Wildman–Crippen MR) is 121 cm³/mol. The summed E-state index contributed by atoms with van der Waals surface area (Å²) in [6.45, 7) is 16.6. The largest absolute Gasteiger partial charge is 0.365 e. The maximum Gasteiger partial charge on any atom is 0.295 e. The van der Waals surface area contributed by atoms with E-state index in [1.807, 2.05) is 39.6 Å². The second-order valence-corrected chi connectivity index (χ2v) is 9.35. The van der Waals surface area contributed by atoms with Crippen LogP contribution in [0.2, 0.25) is 0 Å². The molecule has 1 N–H and O–H groups in total. The van der Waals surface area contributed by atoms with Gasteiger partial charge >= 0.3 is 0 Å². The van der Waals surface area contributed by atoms with Gasteiger partial charge in [-0.3, -0.25) is 14.0 Å². The Morgan fingerprint density at radius 1 is 1.39 bits per heavy atom. The minimum atomic E-state index is -0.171. The van der Waals surface area contributed by atoms with Crippen LogP contribution in [0.15, 0.2) is 33.0 Å². The zero-order valence-corrected chi connectivity index (χ0v) is 19.2. The molecule has 1 amide bonds. The van der Waals surface area contributed by atoms with Crippen molar-refractivity contribution in [2.24, 2.45) is 15.9 Å². The summed E-state index contributed by atoms with van der Waals surface area (Å²) in [4.78, 5) is 23.6. The molecule has 1 saturated heterocycles. The van der Waals surface area contributed by atoms with Crippen LogP contribution in [0.25, 0.3) is 0 Å². The van der Waals surface area contributed by atoms with Crippen LogP contribution in [-0.2, 0) is 4.79 Å². The van der Waals surface area contributed by atoms with Gasteiger partial charge in [0.25, 0.3) is 5.91 Å². The van der Waals surface area contributed by atoms with Crippen LogP contribution in [0.5, 0.6) is 0 Å². The molecule has 0 bridgehead atoms. The summed E-state index contributed by atoms with van der Waals surface area (Å²) in [7, 11) is 0. The number of rotatable bonds is 6. The van der Waals surface area contributed by atoms with E-state index in [0.717, 1.165) is 43.8 Å². The Morgan fingerprint density at radius 3 is 2.54 bits per heavy atom. The third-order valence-electron chi connectivity index (χ3n) is 4.75. The van der Waals surface area contributed by atoms with Gasteiger partial charge in [-0.15, -0.1) is 0 Å². The van der Waals surface area contributed by atoms with Crippen LogP contribution in [0.4, 0.5) is 0 Å². The Hall–Kier alpha value is -1.31. The molecule has 0 aliphatic carbocycles. The molecule has 2 aliphatic heterocycles. The number of aliphatic imine (C=N–C) groups is 2. The molecule has 1 fully saturated rings. The normalized spacial score (nSPS) is 20.8. The summed E-state index contributed by atoms with van der Waals surface area (Å²) >= 11 is 7.82. The fourth-order valence-electron chi connectivity index (χ4n) is 3.35. The quantitative estimate of drug-likeness (QED) is 0.516. The zero-order valence-electron chi connectivity index (χ0n) is 17.6. The second-order valence-electron chi connectivity index (χ2n) is 7.56. The Kier molecular flexibility index (Phi) is 8.58. The van der Waals surface area contributed by atoms with Gasteiger partial charge in [-0.2, -0.15) is 0 Å². The van der Waals surface area contributed by atoms with E-state index in [2.05, 4.69) is 33.1 Å². The average Bonchev–Trinajstić information content (AvgIpc) is 2.61. The highest BCUT2D eigenvalue weighted by molar-refractivity contribution is 7.96. The first kappa shape index (κ1) is 23.0. The van der Waals surface area contributed by atoms with Crippen LogP contribution in [-0.4, -0.2) is 58.2 Å². The number of amides is 1. The number of halogens is 1. The molecule has 2 rings (SSSR count). The van der Waals surface area contributed by atoms with E-state index in [0.29, 0.717) is 23.3 Å². The summed E-state index contributed by atoms with van der Waals surface area (Å²) in [5.74, 6) is 2.34. The van der Waals surface area contributed by atoms with Crippen molar-refractivity contribution in [3.8, 4) is 0 Å². The number of nitrogens with one attached hydrogen (secondary N) is 1. The molecule has 6 nitrogen and oxygen atoms in total. The molecule has 0 aromatic heterocycles. The number of hydrogen-bond acceptors (Lipinski definition) is 6. The molecule has 0 unspecified atom stereocenters. The molecule has 0 radical (unpaired) electrons. The van der Waals surface area contributed by atoms with Crippen molar-refractivity contribution in [2.45, 2.75) is 53.5 Å². The lowest BCUT2D eigenvalue weighted by molar-refractivity contribution is -0.122. The molecule has 2 heterocycles. The van der Waals surface area contributed by atoms with Gasteiger partial charge in [-0.1, -0.05) is 37.1 Å². The third kappa shape index (κ3) is 5.84. The van der Waals surface area contributed by atoms with Crippen molar-refractivity contribution >= 4 is 41.1 Å². The molecule has 8 heteroatoms. The molecule has 156 valence electrons. The Morgan fingerprint density at radius 2 is 2.04 bits per heavy atom. The lowest BCUT2D eigenvalue weighted by Crippen LogP contribution is -2.53. The van der Waals surface area contributed by atoms with E-state index in [1.54, 1.807) is 4.90 Å². The first-order chi connectivity index (χ1) is 13.2. The molecular formula is C20H32ClN5OS. The van der Waals surface area contributed by atoms with Gasteiger partial charge in [0.2, 0.25) is 0 Å². The fourth-order valence-corrected chi connectivity index (χ4v) is 4.27. The standard InChI is InChI=1S/C20H32ClN5OS/c1-7-28-25-10-8-16(9-11-25)12-22-18-20(27)26(14(4)5)19(23-15(6)21)17(24-18)13(2)3/h14,16H,6-12H2,1-5H3,(H,22,24)/b23-19+. The zero-order chi connectivity index (χ0) is 20.8. The summed E-state index contributed by atoms with van der Waals surface area (Å²) in [6.07, 6.45) is 2.26.